The largest absolute Gasteiger partial charge is 0.449 e. The summed E-state index contributed by atoms with van der Waals surface area (Å²) in [5, 5.41) is 0. The van der Waals surface area contributed by atoms with Gasteiger partial charge < -0.3 is 4.74 Å². The van der Waals surface area contributed by atoms with Gasteiger partial charge in [0, 0.05) is 0 Å². The molecular weight excluding hydrogens is 198 g/mol. The van der Waals surface area contributed by atoms with Crippen molar-refractivity contribution in [1.29, 1.82) is 0 Å². The Balaban J connectivity index is 3.95. The minimum atomic E-state index is -3.99. The first kappa shape index (κ1) is 12.2. The molecular formula is C6H13NO5S. The number of ether oxygens (including phenoxy) is 1. The lowest BCUT2D eigenvalue weighted by molar-refractivity contribution is 0.157. The Kier molecular flexibility index (Phi) is 5.40. The molecule has 0 aliphatic carbocycles. The Morgan fingerprint density at radius 1 is 1.38 bits per heavy atom. The van der Waals surface area contributed by atoms with E-state index in [2.05, 4.69) is 8.92 Å². The lowest BCUT2D eigenvalue weighted by Gasteiger charge is -2.05. The van der Waals surface area contributed by atoms with Gasteiger partial charge in [0.1, 0.15) is 0 Å². The number of rotatable bonds is 5. The van der Waals surface area contributed by atoms with Gasteiger partial charge in [-0.15, -0.1) is 0 Å². The molecule has 0 unspecified atom stereocenters. The molecule has 0 aromatic rings. The van der Waals surface area contributed by atoms with Gasteiger partial charge in [0.05, 0.1) is 13.2 Å². The summed E-state index contributed by atoms with van der Waals surface area (Å²) in [6, 6.07) is 0. The first-order valence-electron chi connectivity index (χ1n) is 3.85. The van der Waals surface area contributed by atoms with Gasteiger partial charge in [-0.05, 0) is 13.3 Å². The fourth-order valence-electron chi connectivity index (χ4n) is 0.485. The van der Waals surface area contributed by atoms with Crippen molar-refractivity contribution in [2.24, 2.45) is 0 Å². The van der Waals surface area contributed by atoms with E-state index in [1.807, 2.05) is 0 Å². The van der Waals surface area contributed by atoms with Crippen LogP contribution in [-0.4, -0.2) is 27.7 Å². The van der Waals surface area contributed by atoms with Crippen LogP contribution >= 0.6 is 0 Å². The van der Waals surface area contributed by atoms with Gasteiger partial charge in [0.15, 0.2) is 0 Å². The van der Waals surface area contributed by atoms with Gasteiger partial charge in [-0.2, -0.15) is 13.1 Å². The molecule has 0 fully saturated rings. The van der Waals surface area contributed by atoms with Crippen molar-refractivity contribution in [3.63, 3.8) is 0 Å². The zero-order valence-corrected chi connectivity index (χ0v) is 8.39. The van der Waals surface area contributed by atoms with Gasteiger partial charge in [0.25, 0.3) is 0 Å². The minimum absolute atomic E-state index is 0.0364. The van der Waals surface area contributed by atoms with Crippen LogP contribution in [0.3, 0.4) is 0 Å². The minimum Gasteiger partial charge on any atom is -0.449 e. The molecule has 0 bridgehead atoms. The monoisotopic (exact) mass is 211 g/mol. The van der Waals surface area contributed by atoms with E-state index in [0.717, 1.165) is 0 Å². The van der Waals surface area contributed by atoms with Crippen molar-refractivity contribution in [2.75, 3.05) is 13.2 Å². The van der Waals surface area contributed by atoms with Crippen molar-refractivity contribution in [3.05, 3.63) is 0 Å². The van der Waals surface area contributed by atoms with E-state index < -0.39 is 16.4 Å². The Morgan fingerprint density at radius 2 is 2.00 bits per heavy atom. The highest BCUT2D eigenvalue weighted by molar-refractivity contribution is 7.85. The maximum absolute atomic E-state index is 10.8. The highest BCUT2D eigenvalue weighted by atomic mass is 32.2. The van der Waals surface area contributed by atoms with Crippen LogP contribution < -0.4 is 4.72 Å². The maximum Gasteiger partial charge on any atom is 0.422 e. The molecule has 78 valence electrons. The second kappa shape index (κ2) is 5.76. The van der Waals surface area contributed by atoms with Crippen LogP contribution in [0.5, 0.6) is 0 Å². The summed E-state index contributed by atoms with van der Waals surface area (Å²) >= 11 is 0. The highest BCUT2D eigenvalue weighted by Crippen LogP contribution is 1.91. The Hall–Kier alpha value is -0.820. The second-order valence-electron chi connectivity index (χ2n) is 2.10. The predicted octanol–water partition coefficient (Wildman–Crippen LogP) is 0.404. The SMILES string of the molecule is CCCOS(=O)(=O)NC(=O)OCC. The Labute approximate surface area is 77.5 Å². The maximum atomic E-state index is 10.8. The van der Waals surface area contributed by atoms with E-state index in [0.29, 0.717) is 6.42 Å². The number of carbonyl (C=O) groups excluding carboxylic acids is 1. The molecule has 0 atom stereocenters. The van der Waals surface area contributed by atoms with Crippen LogP contribution in [0.4, 0.5) is 4.79 Å². The molecule has 0 aliphatic rings. The zero-order valence-electron chi connectivity index (χ0n) is 7.57. The quantitative estimate of drug-likeness (QED) is 0.712. The summed E-state index contributed by atoms with van der Waals surface area (Å²) in [6.07, 6.45) is -0.484. The highest BCUT2D eigenvalue weighted by Gasteiger charge is 2.14. The summed E-state index contributed by atoms with van der Waals surface area (Å²) in [5.41, 5.74) is 0. The van der Waals surface area contributed by atoms with Crippen LogP contribution in [0.1, 0.15) is 20.3 Å². The van der Waals surface area contributed by atoms with E-state index >= 15 is 0 Å². The van der Waals surface area contributed by atoms with Crippen molar-refractivity contribution in [2.45, 2.75) is 20.3 Å². The van der Waals surface area contributed by atoms with Gasteiger partial charge in [-0.3, -0.25) is 4.18 Å². The lowest BCUT2D eigenvalue weighted by atomic mass is 10.5. The van der Waals surface area contributed by atoms with E-state index in [1.54, 1.807) is 18.6 Å². The molecule has 0 saturated heterocycles. The third kappa shape index (κ3) is 6.35. The lowest BCUT2D eigenvalue weighted by Crippen LogP contribution is -2.32. The Morgan fingerprint density at radius 3 is 2.46 bits per heavy atom. The average molecular weight is 211 g/mol. The normalized spacial score (nSPS) is 10.9. The molecule has 1 N–H and O–H groups in total. The molecule has 0 aromatic heterocycles. The summed E-state index contributed by atoms with van der Waals surface area (Å²) in [5.74, 6) is 0. The molecule has 0 rings (SSSR count). The predicted molar refractivity (Wildman–Crippen MR) is 45.3 cm³/mol. The smallest absolute Gasteiger partial charge is 0.422 e. The molecule has 0 radical (unpaired) electrons. The van der Waals surface area contributed by atoms with Crippen LogP contribution in [-0.2, 0) is 19.2 Å². The van der Waals surface area contributed by atoms with E-state index in [4.69, 9.17) is 0 Å². The van der Waals surface area contributed by atoms with Crippen LogP contribution in [0.15, 0.2) is 0 Å². The van der Waals surface area contributed by atoms with Crippen molar-refractivity contribution < 1.29 is 22.1 Å². The summed E-state index contributed by atoms with van der Waals surface area (Å²) in [4.78, 5) is 10.6. The van der Waals surface area contributed by atoms with Crippen molar-refractivity contribution in [3.8, 4) is 0 Å². The van der Waals surface area contributed by atoms with Crippen molar-refractivity contribution >= 4 is 16.4 Å². The van der Waals surface area contributed by atoms with Gasteiger partial charge >= 0.3 is 16.4 Å². The second-order valence-corrected chi connectivity index (χ2v) is 3.45. The third-order valence-corrected chi connectivity index (χ3v) is 1.82. The number of hydrogen-bond acceptors (Lipinski definition) is 5. The molecule has 0 aromatic carbocycles. The summed E-state index contributed by atoms with van der Waals surface area (Å²) in [6.45, 7) is 3.46. The van der Waals surface area contributed by atoms with Gasteiger partial charge in [-0.25, -0.2) is 4.79 Å². The standard InChI is InChI=1S/C6H13NO5S/c1-3-5-12-13(9,10)7-6(8)11-4-2/h3-5H2,1-2H3,(H,7,8). The molecule has 0 heterocycles. The molecule has 13 heavy (non-hydrogen) atoms. The van der Waals surface area contributed by atoms with Gasteiger partial charge in [0.2, 0.25) is 0 Å². The number of nitrogens with one attached hydrogen (secondary N) is 1. The molecule has 7 heteroatoms. The van der Waals surface area contributed by atoms with E-state index in [1.165, 1.54) is 0 Å². The number of hydrogen-bond donors (Lipinski definition) is 1. The average Bonchev–Trinajstić information content (AvgIpc) is 2.00. The topological polar surface area (TPSA) is 81.7 Å². The number of amides is 1. The molecule has 6 nitrogen and oxygen atoms in total. The fourth-order valence-corrected chi connectivity index (χ4v) is 1.19. The molecule has 0 spiro atoms. The fraction of sp³-hybridized carbons (Fsp3) is 0.833. The summed E-state index contributed by atoms with van der Waals surface area (Å²) in [7, 11) is -3.99. The van der Waals surface area contributed by atoms with Crippen LogP contribution in [0.25, 0.3) is 0 Å². The van der Waals surface area contributed by atoms with Crippen LogP contribution in [0, 0.1) is 0 Å². The van der Waals surface area contributed by atoms with Gasteiger partial charge in [-0.1, -0.05) is 6.92 Å². The number of carbonyl (C=O) groups is 1. The molecule has 0 saturated carbocycles. The van der Waals surface area contributed by atoms with E-state index in [-0.39, 0.29) is 13.2 Å². The first-order valence-corrected chi connectivity index (χ1v) is 5.26. The Bertz CT molecular complexity index is 248. The van der Waals surface area contributed by atoms with Crippen molar-refractivity contribution in [1.82, 2.24) is 4.72 Å². The first-order chi connectivity index (χ1) is 6.02. The molecule has 1 amide bonds. The summed E-state index contributed by atoms with van der Waals surface area (Å²) < 4.78 is 32.0. The molecule has 0 aliphatic heterocycles. The third-order valence-electron chi connectivity index (χ3n) is 0.926. The van der Waals surface area contributed by atoms with E-state index in [9.17, 15) is 13.2 Å². The van der Waals surface area contributed by atoms with Crippen LogP contribution in [0.2, 0.25) is 0 Å². The zero-order chi connectivity index (χ0) is 10.3.